The number of hydrogen-bond donors (Lipinski definition) is 1. The molecule has 0 unspecified atom stereocenters. The summed E-state index contributed by atoms with van der Waals surface area (Å²) in [4.78, 5) is 30.9. The van der Waals surface area contributed by atoms with Gasteiger partial charge in [0, 0.05) is 36.9 Å². The molecule has 0 saturated carbocycles. The number of nitrogens with one attached hydrogen (secondary N) is 1. The van der Waals surface area contributed by atoms with Crippen molar-refractivity contribution in [2.24, 2.45) is 0 Å². The summed E-state index contributed by atoms with van der Waals surface area (Å²) in [5.41, 5.74) is 1.06. The molecule has 1 aliphatic rings. The molecule has 8 nitrogen and oxygen atoms in total. The van der Waals surface area contributed by atoms with Gasteiger partial charge in [-0.25, -0.2) is 9.97 Å². The minimum absolute atomic E-state index is 0.237. The van der Waals surface area contributed by atoms with Crippen molar-refractivity contribution in [2.45, 2.75) is 32.0 Å². The van der Waals surface area contributed by atoms with Gasteiger partial charge in [-0.15, -0.1) is 0 Å². The van der Waals surface area contributed by atoms with E-state index >= 15 is 0 Å². The van der Waals surface area contributed by atoms with Gasteiger partial charge in [0.1, 0.15) is 17.6 Å². The molecule has 3 aromatic heterocycles. The Morgan fingerprint density at radius 3 is 2.63 bits per heavy atom. The molecule has 4 heterocycles. The first-order chi connectivity index (χ1) is 14.4. The van der Waals surface area contributed by atoms with Crippen LogP contribution in [0.15, 0.2) is 43.1 Å². The van der Waals surface area contributed by atoms with E-state index in [0.29, 0.717) is 12.2 Å². The molecular formula is C19H18F3N7O. The molecule has 1 N–H and O–H groups in total. The Bertz CT molecular complexity index is 1050. The summed E-state index contributed by atoms with van der Waals surface area (Å²) >= 11 is 0. The number of amides is 1. The normalized spacial score (nSPS) is 16.3. The zero-order valence-electron chi connectivity index (χ0n) is 16.0. The molecule has 30 heavy (non-hydrogen) atoms. The van der Waals surface area contributed by atoms with Crippen molar-refractivity contribution in [2.75, 3.05) is 16.8 Å². The van der Waals surface area contributed by atoms with Crippen LogP contribution in [0.4, 0.5) is 24.7 Å². The molecular weight excluding hydrogens is 399 g/mol. The molecule has 0 radical (unpaired) electrons. The van der Waals surface area contributed by atoms with Gasteiger partial charge in [-0.1, -0.05) is 6.92 Å². The lowest BCUT2D eigenvalue weighted by atomic mass is 10.1. The van der Waals surface area contributed by atoms with Crippen LogP contribution in [0.5, 0.6) is 0 Å². The number of fused-ring (bicyclic) bond motifs is 1. The highest BCUT2D eigenvalue weighted by atomic mass is 19.4. The predicted octanol–water partition coefficient (Wildman–Crippen LogP) is 3.21. The van der Waals surface area contributed by atoms with Crippen molar-refractivity contribution < 1.29 is 18.0 Å². The minimum atomic E-state index is -4.35. The maximum Gasteiger partial charge on any atom is 0.390 e. The summed E-state index contributed by atoms with van der Waals surface area (Å²) < 4.78 is 40.3. The van der Waals surface area contributed by atoms with E-state index in [1.165, 1.54) is 11.1 Å². The summed E-state index contributed by atoms with van der Waals surface area (Å²) in [6, 6.07) is 2.81. The second kappa shape index (κ2) is 7.73. The number of pyridine rings is 1. The molecule has 1 aliphatic heterocycles. The van der Waals surface area contributed by atoms with Gasteiger partial charge >= 0.3 is 6.18 Å². The van der Waals surface area contributed by atoms with Gasteiger partial charge in [0.2, 0.25) is 11.9 Å². The molecule has 3 aromatic rings. The number of halogens is 3. The lowest BCUT2D eigenvalue weighted by Gasteiger charge is -2.36. The molecule has 0 bridgehead atoms. The van der Waals surface area contributed by atoms with E-state index in [9.17, 15) is 18.0 Å². The summed E-state index contributed by atoms with van der Waals surface area (Å²) in [6.07, 6.45) is 2.84. The molecule has 0 aliphatic carbocycles. The van der Waals surface area contributed by atoms with Crippen LogP contribution in [0.2, 0.25) is 0 Å². The van der Waals surface area contributed by atoms with Gasteiger partial charge in [0.15, 0.2) is 5.82 Å². The Balaban J connectivity index is 1.75. The van der Waals surface area contributed by atoms with E-state index in [2.05, 4.69) is 25.3 Å². The Hall–Kier alpha value is -3.50. The van der Waals surface area contributed by atoms with Gasteiger partial charge in [-0.05, 0) is 18.6 Å². The molecule has 0 spiro atoms. The van der Waals surface area contributed by atoms with Crippen molar-refractivity contribution in [3.8, 4) is 17.3 Å². The zero-order valence-corrected chi connectivity index (χ0v) is 16.0. The number of anilines is 2. The highest BCUT2D eigenvalue weighted by molar-refractivity contribution is 6.02. The summed E-state index contributed by atoms with van der Waals surface area (Å²) in [5, 5.41) is 2.69. The third-order valence-electron chi connectivity index (χ3n) is 4.78. The molecule has 156 valence electrons. The van der Waals surface area contributed by atoms with Crippen LogP contribution in [0.3, 0.4) is 0 Å². The van der Waals surface area contributed by atoms with Crippen LogP contribution in [0.25, 0.3) is 17.3 Å². The largest absolute Gasteiger partial charge is 0.390 e. The third-order valence-corrected chi connectivity index (χ3v) is 4.78. The summed E-state index contributed by atoms with van der Waals surface area (Å²) in [7, 11) is 0. The SMILES string of the molecule is CC[C@@H]1C(=O)Nc2cnc(-n3ccnc3-c3ccncc3)nc2N1CCC(F)(F)F. The number of hydrogen-bond acceptors (Lipinski definition) is 6. The number of alkyl halides is 3. The number of carbonyl (C=O) groups excluding carboxylic acids is 1. The Kier molecular flexibility index (Phi) is 5.10. The van der Waals surface area contributed by atoms with E-state index in [-0.39, 0.29) is 29.9 Å². The number of rotatable bonds is 5. The van der Waals surface area contributed by atoms with E-state index in [1.54, 1.807) is 48.4 Å². The first kappa shape index (κ1) is 19.8. The van der Waals surface area contributed by atoms with E-state index in [0.717, 1.165) is 5.56 Å². The summed E-state index contributed by atoms with van der Waals surface area (Å²) in [6.45, 7) is 1.37. The van der Waals surface area contributed by atoms with Crippen LogP contribution in [0.1, 0.15) is 19.8 Å². The van der Waals surface area contributed by atoms with Gasteiger partial charge in [0.05, 0.1) is 12.6 Å². The average Bonchev–Trinajstić information content (AvgIpc) is 3.21. The van der Waals surface area contributed by atoms with Crippen molar-refractivity contribution in [1.82, 2.24) is 24.5 Å². The van der Waals surface area contributed by atoms with Crippen LogP contribution in [0, 0.1) is 0 Å². The maximum atomic E-state index is 12.9. The monoisotopic (exact) mass is 417 g/mol. The fourth-order valence-electron chi connectivity index (χ4n) is 3.39. The lowest BCUT2D eigenvalue weighted by molar-refractivity contribution is -0.133. The molecule has 11 heteroatoms. The number of aromatic nitrogens is 5. The Morgan fingerprint density at radius 1 is 1.17 bits per heavy atom. The fraction of sp³-hybridized carbons (Fsp3) is 0.316. The van der Waals surface area contributed by atoms with Crippen molar-refractivity contribution >= 4 is 17.4 Å². The van der Waals surface area contributed by atoms with E-state index < -0.39 is 18.6 Å². The van der Waals surface area contributed by atoms with Crippen molar-refractivity contribution in [3.63, 3.8) is 0 Å². The number of nitrogens with zero attached hydrogens (tertiary/aromatic N) is 6. The highest BCUT2D eigenvalue weighted by Crippen LogP contribution is 2.33. The number of imidazole rings is 1. The topological polar surface area (TPSA) is 88.8 Å². The molecule has 1 amide bonds. The highest BCUT2D eigenvalue weighted by Gasteiger charge is 2.36. The van der Waals surface area contributed by atoms with Crippen LogP contribution in [-0.4, -0.2) is 49.2 Å². The molecule has 1 atom stereocenters. The maximum absolute atomic E-state index is 12.9. The van der Waals surface area contributed by atoms with Crippen LogP contribution >= 0.6 is 0 Å². The smallest absolute Gasteiger partial charge is 0.342 e. The standard InChI is InChI=1S/C19H18F3N7O/c1-2-14-17(30)26-13-11-25-18(27-16(13)28(14)9-5-19(20,21)22)29-10-8-24-15(29)12-3-6-23-7-4-12/h3-4,6-8,10-11,14H,2,5,9H2,1H3,(H,26,30)/t14-/m1/s1. The van der Waals surface area contributed by atoms with Crippen molar-refractivity contribution in [1.29, 1.82) is 0 Å². The third kappa shape index (κ3) is 3.82. The van der Waals surface area contributed by atoms with Crippen LogP contribution < -0.4 is 10.2 Å². The molecule has 4 rings (SSSR count). The van der Waals surface area contributed by atoms with Gasteiger partial charge < -0.3 is 10.2 Å². The molecule has 0 fully saturated rings. The first-order valence-corrected chi connectivity index (χ1v) is 9.33. The number of carbonyl (C=O) groups is 1. The molecule has 0 saturated heterocycles. The minimum Gasteiger partial charge on any atom is -0.342 e. The average molecular weight is 417 g/mol. The van der Waals surface area contributed by atoms with Gasteiger partial charge in [0.25, 0.3) is 0 Å². The fourth-order valence-corrected chi connectivity index (χ4v) is 3.39. The Labute approximate surface area is 169 Å². The second-order valence-corrected chi connectivity index (χ2v) is 6.74. The van der Waals surface area contributed by atoms with Gasteiger partial charge in [-0.2, -0.15) is 18.2 Å². The second-order valence-electron chi connectivity index (χ2n) is 6.74. The first-order valence-electron chi connectivity index (χ1n) is 9.33. The van der Waals surface area contributed by atoms with E-state index in [1.807, 2.05) is 0 Å². The summed E-state index contributed by atoms with van der Waals surface area (Å²) in [5.74, 6) is 0.681. The Morgan fingerprint density at radius 2 is 1.93 bits per heavy atom. The van der Waals surface area contributed by atoms with Crippen LogP contribution in [-0.2, 0) is 4.79 Å². The quantitative estimate of drug-likeness (QED) is 0.686. The predicted molar refractivity (Wildman–Crippen MR) is 103 cm³/mol. The lowest BCUT2D eigenvalue weighted by Crippen LogP contribution is -2.49. The zero-order chi connectivity index (χ0) is 21.3. The van der Waals surface area contributed by atoms with Crippen molar-refractivity contribution in [3.05, 3.63) is 43.1 Å². The molecule has 0 aromatic carbocycles. The van der Waals surface area contributed by atoms with E-state index in [4.69, 9.17) is 0 Å². The van der Waals surface area contributed by atoms with Gasteiger partial charge in [-0.3, -0.25) is 14.3 Å².